The molecule has 1 aliphatic heterocycles. The Kier molecular flexibility index (Phi) is 5.01. The van der Waals surface area contributed by atoms with Gasteiger partial charge in [-0.1, -0.05) is 6.92 Å². The molecule has 4 nitrogen and oxygen atoms in total. The molecule has 1 fully saturated rings. The van der Waals surface area contributed by atoms with Gasteiger partial charge in [0.2, 0.25) is 10.0 Å². The highest BCUT2D eigenvalue weighted by atomic mass is 32.2. The van der Waals surface area contributed by atoms with E-state index in [1.54, 1.807) is 13.8 Å². The fourth-order valence-electron chi connectivity index (χ4n) is 2.98. The first kappa shape index (κ1) is 16.4. The lowest BCUT2D eigenvalue weighted by Gasteiger charge is -2.30. The van der Waals surface area contributed by atoms with Crippen molar-refractivity contribution < 1.29 is 12.8 Å². The molecule has 0 bridgehead atoms. The predicted molar refractivity (Wildman–Crippen MR) is 81.3 cm³/mol. The van der Waals surface area contributed by atoms with Crippen LogP contribution in [-0.4, -0.2) is 27.5 Å². The molecular weight excluding hydrogens is 291 g/mol. The molecular formula is C15H23FN2O2S. The molecule has 2 N–H and O–H groups in total. The van der Waals surface area contributed by atoms with E-state index in [9.17, 15) is 12.8 Å². The molecule has 0 amide bonds. The number of sulfonamides is 1. The number of aryl methyl sites for hydroxylation is 2. The van der Waals surface area contributed by atoms with Gasteiger partial charge in [0.1, 0.15) is 5.82 Å². The summed E-state index contributed by atoms with van der Waals surface area (Å²) in [5.74, 6) is 0.0309. The van der Waals surface area contributed by atoms with Crippen molar-refractivity contribution in [1.82, 2.24) is 10.0 Å². The van der Waals surface area contributed by atoms with Crippen molar-refractivity contribution in [2.24, 2.45) is 5.92 Å². The molecule has 1 aromatic rings. The van der Waals surface area contributed by atoms with E-state index in [-0.39, 0.29) is 10.9 Å². The van der Waals surface area contributed by atoms with Gasteiger partial charge in [0.15, 0.2) is 0 Å². The monoisotopic (exact) mass is 314 g/mol. The van der Waals surface area contributed by atoms with Crippen LogP contribution in [0.5, 0.6) is 0 Å². The first-order valence-corrected chi connectivity index (χ1v) is 8.79. The highest BCUT2D eigenvalue weighted by Crippen LogP contribution is 2.22. The predicted octanol–water partition coefficient (Wildman–Crippen LogP) is 2.11. The van der Waals surface area contributed by atoms with Gasteiger partial charge in [-0.25, -0.2) is 17.5 Å². The average molecular weight is 314 g/mol. The van der Waals surface area contributed by atoms with Crippen LogP contribution in [0.25, 0.3) is 0 Å². The van der Waals surface area contributed by atoms with Crippen LogP contribution < -0.4 is 10.0 Å². The summed E-state index contributed by atoms with van der Waals surface area (Å²) < 4.78 is 40.9. The zero-order valence-corrected chi connectivity index (χ0v) is 13.6. The molecule has 1 heterocycles. The molecule has 21 heavy (non-hydrogen) atoms. The molecule has 0 spiro atoms. The minimum atomic E-state index is -3.62. The highest BCUT2D eigenvalue weighted by Gasteiger charge is 2.25. The van der Waals surface area contributed by atoms with Crippen molar-refractivity contribution in [1.29, 1.82) is 0 Å². The third-order valence-electron chi connectivity index (χ3n) is 4.12. The smallest absolute Gasteiger partial charge is 0.241 e. The topological polar surface area (TPSA) is 58.2 Å². The second-order valence-electron chi connectivity index (χ2n) is 5.90. The lowest BCUT2D eigenvalue weighted by molar-refractivity contribution is 0.300. The van der Waals surface area contributed by atoms with Gasteiger partial charge in [0.25, 0.3) is 0 Å². The van der Waals surface area contributed by atoms with Crippen molar-refractivity contribution >= 4 is 10.0 Å². The van der Waals surface area contributed by atoms with Crippen LogP contribution in [0.15, 0.2) is 17.0 Å². The van der Waals surface area contributed by atoms with Gasteiger partial charge in [-0.3, -0.25) is 0 Å². The Morgan fingerprint density at radius 1 is 1.33 bits per heavy atom. The number of nitrogens with one attached hydrogen (secondary N) is 2. The summed E-state index contributed by atoms with van der Waals surface area (Å²) in [6, 6.07) is 2.65. The standard InChI is InChI=1S/C15H23FN2O2S/c1-10-5-4-6-17-14(10)9-18-21(19,20)15-11(2)7-13(16)8-12(15)3/h7-8,10,14,17-18H,4-6,9H2,1-3H3. The van der Waals surface area contributed by atoms with Gasteiger partial charge in [-0.15, -0.1) is 0 Å². The van der Waals surface area contributed by atoms with Gasteiger partial charge in [-0.05, 0) is 62.4 Å². The second-order valence-corrected chi connectivity index (χ2v) is 7.60. The summed E-state index contributed by atoms with van der Waals surface area (Å²) >= 11 is 0. The van der Waals surface area contributed by atoms with Crippen molar-refractivity contribution in [3.63, 3.8) is 0 Å². The maximum atomic E-state index is 13.3. The quantitative estimate of drug-likeness (QED) is 0.895. The van der Waals surface area contributed by atoms with E-state index in [1.165, 1.54) is 12.1 Å². The third kappa shape index (κ3) is 3.81. The van der Waals surface area contributed by atoms with Gasteiger partial charge < -0.3 is 5.32 Å². The molecule has 1 saturated heterocycles. The van der Waals surface area contributed by atoms with Crippen LogP contribution >= 0.6 is 0 Å². The Balaban J connectivity index is 2.15. The van der Waals surface area contributed by atoms with Crippen LogP contribution in [0.4, 0.5) is 4.39 Å². The highest BCUT2D eigenvalue weighted by molar-refractivity contribution is 7.89. The molecule has 1 aromatic carbocycles. The van der Waals surface area contributed by atoms with Gasteiger partial charge in [0, 0.05) is 12.6 Å². The lowest BCUT2D eigenvalue weighted by atomic mass is 9.93. The van der Waals surface area contributed by atoms with Crippen LogP contribution in [0, 0.1) is 25.6 Å². The van der Waals surface area contributed by atoms with Gasteiger partial charge in [0.05, 0.1) is 4.90 Å². The SMILES string of the molecule is Cc1cc(F)cc(C)c1S(=O)(=O)NCC1NCCCC1C. The number of rotatable bonds is 4. The summed E-state index contributed by atoms with van der Waals surface area (Å²) in [5.41, 5.74) is 0.870. The van der Waals surface area contributed by atoms with Crippen LogP contribution in [0.2, 0.25) is 0 Å². The molecule has 1 aliphatic rings. The molecule has 2 rings (SSSR count). The second kappa shape index (κ2) is 6.42. The Hall–Kier alpha value is -0.980. The molecule has 0 saturated carbocycles. The largest absolute Gasteiger partial charge is 0.312 e. The summed E-state index contributed by atoms with van der Waals surface area (Å²) in [4.78, 5) is 0.187. The Labute approximate surface area is 126 Å². The molecule has 2 atom stereocenters. The molecule has 0 aliphatic carbocycles. The van der Waals surface area contributed by atoms with Crippen LogP contribution in [0.3, 0.4) is 0 Å². The summed E-state index contributed by atoms with van der Waals surface area (Å²) in [6.07, 6.45) is 2.23. The third-order valence-corrected chi connectivity index (χ3v) is 5.84. The first-order valence-electron chi connectivity index (χ1n) is 7.31. The maximum Gasteiger partial charge on any atom is 0.241 e. The van der Waals surface area contributed by atoms with E-state index < -0.39 is 15.8 Å². The number of halogens is 1. The Morgan fingerprint density at radius 2 is 1.95 bits per heavy atom. The number of hydrogen-bond acceptors (Lipinski definition) is 3. The van der Waals surface area contributed by atoms with E-state index >= 15 is 0 Å². The van der Waals surface area contributed by atoms with E-state index in [1.807, 2.05) is 0 Å². The zero-order valence-electron chi connectivity index (χ0n) is 12.7. The summed E-state index contributed by atoms with van der Waals surface area (Å²) in [7, 11) is -3.62. The molecule has 0 aromatic heterocycles. The lowest BCUT2D eigenvalue weighted by Crippen LogP contribution is -2.47. The van der Waals surface area contributed by atoms with E-state index in [4.69, 9.17) is 0 Å². The minimum Gasteiger partial charge on any atom is -0.312 e. The molecule has 2 unspecified atom stereocenters. The molecule has 6 heteroatoms. The van der Waals surface area contributed by atoms with Crippen molar-refractivity contribution in [3.05, 3.63) is 29.1 Å². The van der Waals surface area contributed by atoms with Crippen molar-refractivity contribution in [2.45, 2.75) is 44.6 Å². The van der Waals surface area contributed by atoms with E-state index in [0.717, 1.165) is 19.4 Å². The fourth-order valence-corrected chi connectivity index (χ4v) is 4.49. The van der Waals surface area contributed by atoms with Crippen molar-refractivity contribution in [2.75, 3.05) is 13.1 Å². The van der Waals surface area contributed by atoms with E-state index in [0.29, 0.717) is 23.6 Å². The summed E-state index contributed by atoms with van der Waals surface area (Å²) in [6.45, 7) is 6.64. The number of piperidine rings is 1. The average Bonchev–Trinajstić information content (AvgIpc) is 2.36. The zero-order chi connectivity index (χ0) is 15.6. The first-order chi connectivity index (χ1) is 9.81. The number of benzene rings is 1. The molecule has 118 valence electrons. The maximum absolute atomic E-state index is 13.3. The summed E-state index contributed by atoms with van der Waals surface area (Å²) in [5, 5.41) is 3.34. The fraction of sp³-hybridized carbons (Fsp3) is 0.600. The Morgan fingerprint density at radius 3 is 2.52 bits per heavy atom. The van der Waals surface area contributed by atoms with Crippen molar-refractivity contribution in [3.8, 4) is 0 Å². The van der Waals surface area contributed by atoms with Gasteiger partial charge >= 0.3 is 0 Å². The minimum absolute atomic E-state index is 0.148. The Bertz CT molecular complexity index is 593. The normalized spacial score (nSPS) is 23.2. The van der Waals surface area contributed by atoms with Crippen LogP contribution in [0.1, 0.15) is 30.9 Å². The van der Waals surface area contributed by atoms with Gasteiger partial charge in [-0.2, -0.15) is 0 Å². The van der Waals surface area contributed by atoms with E-state index in [2.05, 4.69) is 17.0 Å². The molecule has 0 radical (unpaired) electrons. The van der Waals surface area contributed by atoms with Crippen LogP contribution in [-0.2, 0) is 10.0 Å². The number of hydrogen-bond donors (Lipinski definition) is 2.